The monoisotopic (exact) mass is 314 g/mol. The molecule has 1 atom stereocenters. The second kappa shape index (κ2) is 5.92. The van der Waals surface area contributed by atoms with E-state index in [0.29, 0.717) is 17.2 Å². The Morgan fingerprint density at radius 1 is 1.48 bits per heavy atom. The molecule has 116 valence electrons. The Bertz CT molecular complexity index is 707. The fourth-order valence-corrected chi connectivity index (χ4v) is 3.77. The number of aliphatic hydroxyl groups is 1. The smallest absolute Gasteiger partial charge is 0.244 e. The summed E-state index contributed by atoms with van der Waals surface area (Å²) in [5, 5.41) is 19.4. The van der Waals surface area contributed by atoms with E-state index in [4.69, 9.17) is 5.11 Å². The van der Waals surface area contributed by atoms with E-state index in [1.165, 1.54) is 11.0 Å². The maximum Gasteiger partial charge on any atom is 0.244 e. The van der Waals surface area contributed by atoms with Crippen molar-refractivity contribution >= 4 is 10.0 Å². The van der Waals surface area contributed by atoms with Gasteiger partial charge < -0.3 is 5.11 Å². The number of nitrogens with one attached hydrogen (secondary N) is 2. The summed E-state index contributed by atoms with van der Waals surface area (Å²) in [5.74, 6) is 0.427. The van der Waals surface area contributed by atoms with Crippen LogP contribution < -0.4 is 4.72 Å². The largest absolute Gasteiger partial charge is 0.394 e. The third-order valence-electron chi connectivity index (χ3n) is 3.07. The van der Waals surface area contributed by atoms with Crippen molar-refractivity contribution < 1.29 is 13.5 Å². The van der Waals surface area contributed by atoms with E-state index in [2.05, 4.69) is 25.0 Å². The summed E-state index contributed by atoms with van der Waals surface area (Å²) in [4.78, 5) is 4.05. The van der Waals surface area contributed by atoms with Crippen molar-refractivity contribution in [2.45, 2.75) is 38.3 Å². The molecule has 2 heterocycles. The number of hydrogen-bond donors (Lipinski definition) is 3. The van der Waals surface area contributed by atoms with Crippen molar-refractivity contribution in [1.82, 2.24) is 29.7 Å². The average Bonchev–Trinajstić information content (AvgIpc) is 2.98. The topological polar surface area (TPSA) is 126 Å². The van der Waals surface area contributed by atoms with E-state index in [9.17, 15) is 8.42 Å². The van der Waals surface area contributed by atoms with Crippen LogP contribution in [0.2, 0.25) is 0 Å². The molecule has 2 rings (SSSR count). The van der Waals surface area contributed by atoms with Gasteiger partial charge in [0.2, 0.25) is 10.0 Å². The van der Waals surface area contributed by atoms with E-state index in [0.717, 1.165) is 0 Å². The van der Waals surface area contributed by atoms with Gasteiger partial charge in [-0.05, 0) is 20.8 Å². The molecule has 0 aliphatic heterocycles. The third-order valence-corrected chi connectivity index (χ3v) is 4.86. The zero-order chi connectivity index (χ0) is 15.6. The highest BCUT2D eigenvalue weighted by atomic mass is 32.2. The number of aromatic nitrogens is 5. The quantitative estimate of drug-likeness (QED) is 0.669. The fraction of sp³-hybridized carbons (Fsp3) is 0.545. The molecule has 0 fully saturated rings. The summed E-state index contributed by atoms with van der Waals surface area (Å²) < 4.78 is 29.0. The molecular formula is C11H18N6O3S. The van der Waals surface area contributed by atoms with E-state index in [-0.39, 0.29) is 18.0 Å². The SMILES string of the molecule is Cc1nn(CCO)c(C)c1S(=O)(=O)NC(C)c1ncn[nH]1. The summed E-state index contributed by atoms with van der Waals surface area (Å²) in [6.07, 6.45) is 1.32. The van der Waals surface area contributed by atoms with Crippen LogP contribution in [0.3, 0.4) is 0 Å². The zero-order valence-corrected chi connectivity index (χ0v) is 12.8. The third kappa shape index (κ3) is 3.12. The second-order valence-corrected chi connectivity index (χ2v) is 6.31. The zero-order valence-electron chi connectivity index (χ0n) is 12.0. The highest BCUT2D eigenvalue weighted by Gasteiger charge is 2.27. The molecule has 1 unspecified atom stereocenters. The van der Waals surface area contributed by atoms with Crippen molar-refractivity contribution in [3.05, 3.63) is 23.5 Å². The Labute approximate surface area is 122 Å². The van der Waals surface area contributed by atoms with Crippen molar-refractivity contribution in [3.63, 3.8) is 0 Å². The number of hydrogen-bond acceptors (Lipinski definition) is 6. The van der Waals surface area contributed by atoms with Crippen LogP contribution in [0.5, 0.6) is 0 Å². The molecule has 0 aliphatic carbocycles. The predicted octanol–water partition coefficient (Wildman–Crippen LogP) is -0.350. The van der Waals surface area contributed by atoms with Crippen LogP contribution in [0.15, 0.2) is 11.2 Å². The number of nitrogens with zero attached hydrogens (tertiary/aromatic N) is 4. The number of rotatable bonds is 6. The van der Waals surface area contributed by atoms with Crippen LogP contribution in [-0.4, -0.2) is 45.1 Å². The lowest BCUT2D eigenvalue weighted by molar-refractivity contribution is 0.267. The van der Waals surface area contributed by atoms with E-state index in [1.807, 2.05) is 0 Å². The number of aromatic amines is 1. The Morgan fingerprint density at radius 2 is 2.19 bits per heavy atom. The molecule has 0 bridgehead atoms. The number of aryl methyl sites for hydroxylation is 1. The first-order valence-electron chi connectivity index (χ1n) is 6.39. The van der Waals surface area contributed by atoms with Gasteiger partial charge in [0, 0.05) is 0 Å². The fourth-order valence-electron chi connectivity index (χ4n) is 2.15. The molecule has 2 aromatic rings. The molecule has 0 saturated heterocycles. The molecule has 0 amide bonds. The van der Waals surface area contributed by atoms with Gasteiger partial charge in [-0.15, -0.1) is 0 Å². The van der Waals surface area contributed by atoms with Crippen molar-refractivity contribution in [1.29, 1.82) is 0 Å². The minimum Gasteiger partial charge on any atom is -0.394 e. The molecule has 3 N–H and O–H groups in total. The van der Waals surface area contributed by atoms with Gasteiger partial charge in [-0.25, -0.2) is 18.1 Å². The lowest BCUT2D eigenvalue weighted by Crippen LogP contribution is -2.28. The first-order chi connectivity index (χ1) is 9.86. The summed E-state index contributed by atoms with van der Waals surface area (Å²) in [7, 11) is -3.75. The lowest BCUT2D eigenvalue weighted by Gasteiger charge is -2.12. The number of aliphatic hydroxyl groups excluding tert-OH is 1. The van der Waals surface area contributed by atoms with E-state index < -0.39 is 16.1 Å². The Morgan fingerprint density at radius 3 is 2.76 bits per heavy atom. The van der Waals surface area contributed by atoms with Crippen LogP contribution in [-0.2, 0) is 16.6 Å². The minimum absolute atomic E-state index is 0.108. The van der Waals surface area contributed by atoms with Gasteiger partial charge in [-0.3, -0.25) is 9.78 Å². The van der Waals surface area contributed by atoms with Gasteiger partial charge in [0.25, 0.3) is 0 Å². The molecule has 0 aliphatic rings. The minimum atomic E-state index is -3.75. The predicted molar refractivity (Wildman–Crippen MR) is 73.9 cm³/mol. The molecule has 0 radical (unpaired) electrons. The van der Waals surface area contributed by atoms with E-state index >= 15 is 0 Å². The first-order valence-corrected chi connectivity index (χ1v) is 7.87. The van der Waals surface area contributed by atoms with Gasteiger partial charge in [0.15, 0.2) is 0 Å². The summed E-state index contributed by atoms with van der Waals surface area (Å²) in [5.41, 5.74) is 0.872. The Kier molecular flexibility index (Phi) is 4.40. The highest BCUT2D eigenvalue weighted by molar-refractivity contribution is 7.89. The Hall–Kier alpha value is -1.78. The average molecular weight is 314 g/mol. The molecule has 0 aromatic carbocycles. The standard InChI is InChI=1S/C11H18N6O3S/c1-7-10(9(3)17(15-7)4-5-18)21(19,20)16-8(2)11-12-6-13-14-11/h6,8,16,18H,4-5H2,1-3H3,(H,12,13,14). The normalized spacial score (nSPS) is 13.5. The van der Waals surface area contributed by atoms with Gasteiger partial charge in [0.1, 0.15) is 17.0 Å². The molecule has 2 aromatic heterocycles. The highest BCUT2D eigenvalue weighted by Crippen LogP contribution is 2.21. The lowest BCUT2D eigenvalue weighted by atomic mass is 10.3. The van der Waals surface area contributed by atoms with Gasteiger partial charge in [-0.1, -0.05) is 0 Å². The van der Waals surface area contributed by atoms with Gasteiger partial charge in [-0.2, -0.15) is 10.2 Å². The van der Waals surface area contributed by atoms with Gasteiger partial charge >= 0.3 is 0 Å². The molecule has 9 nitrogen and oxygen atoms in total. The Balaban J connectivity index is 2.32. The van der Waals surface area contributed by atoms with Crippen molar-refractivity contribution in [2.75, 3.05) is 6.61 Å². The molecular weight excluding hydrogens is 296 g/mol. The van der Waals surface area contributed by atoms with Crippen LogP contribution in [0.25, 0.3) is 0 Å². The second-order valence-electron chi connectivity index (χ2n) is 4.66. The maximum absolute atomic E-state index is 12.5. The van der Waals surface area contributed by atoms with Crippen molar-refractivity contribution in [2.24, 2.45) is 0 Å². The first kappa shape index (κ1) is 15.6. The molecule has 0 saturated carbocycles. The van der Waals surface area contributed by atoms with Crippen LogP contribution in [0, 0.1) is 13.8 Å². The summed E-state index contributed by atoms with van der Waals surface area (Å²) >= 11 is 0. The maximum atomic E-state index is 12.5. The number of H-pyrrole nitrogens is 1. The van der Waals surface area contributed by atoms with Gasteiger partial charge in [0.05, 0.1) is 30.6 Å². The summed E-state index contributed by atoms with van der Waals surface area (Å²) in [6, 6.07) is -0.544. The molecule has 0 spiro atoms. The molecule has 21 heavy (non-hydrogen) atoms. The van der Waals surface area contributed by atoms with E-state index in [1.54, 1.807) is 20.8 Å². The summed E-state index contributed by atoms with van der Waals surface area (Å²) in [6.45, 7) is 5.09. The van der Waals surface area contributed by atoms with Crippen LogP contribution in [0.1, 0.15) is 30.2 Å². The van der Waals surface area contributed by atoms with Crippen LogP contribution in [0.4, 0.5) is 0 Å². The van der Waals surface area contributed by atoms with Crippen molar-refractivity contribution in [3.8, 4) is 0 Å². The number of sulfonamides is 1. The van der Waals surface area contributed by atoms with Crippen LogP contribution >= 0.6 is 0 Å². The molecule has 10 heteroatoms.